The second kappa shape index (κ2) is 5.59. The molecule has 0 radical (unpaired) electrons. The predicted molar refractivity (Wildman–Crippen MR) is 65.1 cm³/mol. The van der Waals surface area contributed by atoms with Gasteiger partial charge in [0.2, 0.25) is 0 Å². The van der Waals surface area contributed by atoms with E-state index in [9.17, 15) is 0 Å². The number of rotatable bonds is 4. The van der Waals surface area contributed by atoms with Gasteiger partial charge in [-0.3, -0.25) is 0 Å². The second-order valence-electron chi connectivity index (χ2n) is 3.35. The summed E-state index contributed by atoms with van der Waals surface area (Å²) in [5.41, 5.74) is 6.68. The quantitative estimate of drug-likeness (QED) is 0.885. The minimum Gasteiger partial charge on any atom is -0.495 e. The summed E-state index contributed by atoms with van der Waals surface area (Å²) in [6, 6.07) is 3.54. The zero-order valence-electron chi connectivity index (χ0n) is 8.89. The summed E-state index contributed by atoms with van der Waals surface area (Å²) in [5.74, 6) is 0.912. The summed E-state index contributed by atoms with van der Waals surface area (Å²) in [5, 5.41) is 1.15. The van der Waals surface area contributed by atoms with Gasteiger partial charge in [-0.1, -0.05) is 30.1 Å². The van der Waals surface area contributed by atoms with Gasteiger partial charge in [0.15, 0.2) is 0 Å². The summed E-state index contributed by atoms with van der Waals surface area (Å²) < 4.78 is 5.27. The molecule has 0 aliphatic rings. The van der Waals surface area contributed by atoms with Crippen molar-refractivity contribution < 1.29 is 4.74 Å². The summed E-state index contributed by atoms with van der Waals surface area (Å²) in [6.07, 6.45) is 0.934. The summed E-state index contributed by atoms with van der Waals surface area (Å²) in [7, 11) is 1.60. The van der Waals surface area contributed by atoms with Crippen LogP contribution in [-0.4, -0.2) is 13.7 Å². The normalized spacial score (nSPS) is 12.6. The number of ether oxygens (including phenoxy) is 1. The molecule has 0 aromatic heterocycles. The largest absolute Gasteiger partial charge is 0.495 e. The Labute approximate surface area is 100 Å². The number of nitrogens with two attached hydrogens (primary N) is 1. The van der Waals surface area contributed by atoms with Crippen LogP contribution in [0, 0.1) is 0 Å². The lowest BCUT2D eigenvalue weighted by Crippen LogP contribution is -2.12. The van der Waals surface area contributed by atoms with E-state index in [4.69, 9.17) is 33.7 Å². The fourth-order valence-corrected chi connectivity index (χ4v) is 2.20. The van der Waals surface area contributed by atoms with Gasteiger partial charge in [0.25, 0.3) is 0 Å². The highest BCUT2D eigenvalue weighted by molar-refractivity contribution is 6.35. The average Bonchev–Trinajstić information content (AvgIpc) is 2.19. The van der Waals surface area contributed by atoms with Crippen LogP contribution in [0.15, 0.2) is 12.1 Å². The third-order valence-corrected chi connectivity index (χ3v) is 2.96. The molecule has 0 spiro atoms. The van der Waals surface area contributed by atoms with Crippen molar-refractivity contribution in [1.29, 1.82) is 0 Å². The minimum atomic E-state index is 0.233. The summed E-state index contributed by atoms with van der Waals surface area (Å²) in [6.45, 7) is 2.63. The number of benzene rings is 1. The second-order valence-corrected chi connectivity index (χ2v) is 4.19. The van der Waals surface area contributed by atoms with E-state index in [-0.39, 0.29) is 5.92 Å². The maximum atomic E-state index is 6.04. The third kappa shape index (κ3) is 2.77. The number of hydrogen-bond acceptors (Lipinski definition) is 2. The summed E-state index contributed by atoms with van der Waals surface area (Å²) >= 11 is 12.0. The number of methoxy groups -OCH3 is 1. The van der Waals surface area contributed by atoms with Gasteiger partial charge >= 0.3 is 0 Å². The van der Waals surface area contributed by atoms with E-state index in [1.807, 2.05) is 6.07 Å². The molecule has 1 unspecified atom stereocenters. The SMILES string of the molecule is CCC(CN)c1cc(Cl)cc(Cl)c1OC. The van der Waals surface area contributed by atoms with Crippen LogP contribution in [0.2, 0.25) is 10.0 Å². The van der Waals surface area contributed by atoms with Crippen LogP contribution in [-0.2, 0) is 0 Å². The highest BCUT2D eigenvalue weighted by atomic mass is 35.5. The van der Waals surface area contributed by atoms with E-state index in [0.29, 0.717) is 22.3 Å². The molecule has 0 saturated carbocycles. The Balaban J connectivity index is 3.24. The monoisotopic (exact) mass is 247 g/mol. The highest BCUT2D eigenvalue weighted by Gasteiger charge is 2.16. The molecule has 1 aromatic rings. The number of hydrogen-bond donors (Lipinski definition) is 1. The van der Waals surface area contributed by atoms with Crippen molar-refractivity contribution in [3.63, 3.8) is 0 Å². The molecule has 0 saturated heterocycles. The van der Waals surface area contributed by atoms with Gasteiger partial charge in [0.1, 0.15) is 5.75 Å². The molecule has 0 bridgehead atoms. The van der Waals surface area contributed by atoms with E-state index in [1.165, 1.54) is 0 Å². The van der Waals surface area contributed by atoms with Crippen molar-refractivity contribution in [2.24, 2.45) is 5.73 Å². The van der Waals surface area contributed by atoms with Gasteiger partial charge in [0, 0.05) is 10.6 Å². The van der Waals surface area contributed by atoms with Gasteiger partial charge in [0.05, 0.1) is 12.1 Å². The Morgan fingerprint density at radius 2 is 2.07 bits per heavy atom. The van der Waals surface area contributed by atoms with E-state index >= 15 is 0 Å². The maximum absolute atomic E-state index is 6.04. The lowest BCUT2D eigenvalue weighted by Gasteiger charge is -2.17. The molecule has 4 heteroatoms. The number of halogens is 2. The van der Waals surface area contributed by atoms with E-state index in [2.05, 4.69) is 6.92 Å². The molecule has 0 aliphatic heterocycles. The van der Waals surface area contributed by atoms with Gasteiger partial charge in [-0.2, -0.15) is 0 Å². The Morgan fingerprint density at radius 3 is 2.53 bits per heavy atom. The first-order chi connectivity index (χ1) is 7.13. The molecule has 0 amide bonds. The molecule has 15 heavy (non-hydrogen) atoms. The highest BCUT2D eigenvalue weighted by Crippen LogP contribution is 2.37. The Bertz CT molecular complexity index is 338. The third-order valence-electron chi connectivity index (χ3n) is 2.46. The van der Waals surface area contributed by atoms with Crippen LogP contribution in [0.4, 0.5) is 0 Å². The van der Waals surface area contributed by atoms with Crippen molar-refractivity contribution >= 4 is 23.2 Å². The van der Waals surface area contributed by atoms with Crippen LogP contribution in [0.25, 0.3) is 0 Å². The molecular formula is C11H15Cl2NO. The summed E-state index contributed by atoms with van der Waals surface area (Å²) in [4.78, 5) is 0. The van der Waals surface area contributed by atoms with Crippen LogP contribution in [0.1, 0.15) is 24.8 Å². The lowest BCUT2D eigenvalue weighted by atomic mass is 9.96. The fourth-order valence-electron chi connectivity index (χ4n) is 1.61. The first kappa shape index (κ1) is 12.6. The van der Waals surface area contributed by atoms with Gasteiger partial charge in [-0.05, 0) is 31.0 Å². The van der Waals surface area contributed by atoms with E-state index in [0.717, 1.165) is 12.0 Å². The minimum absolute atomic E-state index is 0.233. The molecule has 1 aromatic carbocycles. The lowest BCUT2D eigenvalue weighted by molar-refractivity contribution is 0.405. The molecule has 1 rings (SSSR count). The van der Waals surface area contributed by atoms with Crippen molar-refractivity contribution in [1.82, 2.24) is 0 Å². The zero-order chi connectivity index (χ0) is 11.4. The van der Waals surface area contributed by atoms with Crippen LogP contribution < -0.4 is 10.5 Å². The maximum Gasteiger partial charge on any atom is 0.141 e. The first-order valence-electron chi connectivity index (χ1n) is 4.87. The van der Waals surface area contributed by atoms with Crippen LogP contribution in [0.3, 0.4) is 0 Å². The predicted octanol–water partition coefficient (Wildman–Crippen LogP) is 3.45. The standard InChI is InChI=1S/C11H15Cl2NO/c1-3-7(6-14)9-4-8(12)5-10(13)11(9)15-2/h4-5,7H,3,6,14H2,1-2H3. The molecular weight excluding hydrogens is 233 g/mol. The topological polar surface area (TPSA) is 35.2 Å². The Hall–Kier alpha value is -0.440. The van der Waals surface area contributed by atoms with Crippen LogP contribution >= 0.6 is 23.2 Å². The van der Waals surface area contributed by atoms with Crippen molar-refractivity contribution in [3.05, 3.63) is 27.7 Å². The zero-order valence-corrected chi connectivity index (χ0v) is 10.4. The van der Waals surface area contributed by atoms with Crippen molar-refractivity contribution in [2.45, 2.75) is 19.3 Å². The molecule has 0 fully saturated rings. The van der Waals surface area contributed by atoms with Gasteiger partial charge < -0.3 is 10.5 Å². The average molecular weight is 248 g/mol. The fraction of sp³-hybridized carbons (Fsp3) is 0.455. The van der Waals surface area contributed by atoms with Gasteiger partial charge in [-0.15, -0.1) is 0 Å². The molecule has 0 heterocycles. The van der Waals surface area contributed by atoms with Crippen molar-refractivity contribution in [3.8, 4) is 5.75 Å². The molecule has 2 nitrogen and oxygen atoms in total. The van der Waals surface area contributed by atoms with Crippen LogP contribution in [0.5, 0.6) is 5.75 Å². The smallest absolute Gasteiger partial charge is 0.141 e. The van der Waals surface area contributed by atoms with E-state index < -0.39 is 0 Å². The molecule has 0 aliphatic carbocycles. The molecule has 84 valence electrons. The Morgan fingerprint density at radius 1 is 1.40 bits per heavy atom. The molecule has 1 atom stereocenters. The first-order valence-corrected chi connectivity index (χ1v) is 5.62. The molecule has 2 N–H and O–H groups in total. The van der Waals surface area contributed by atoms with Gasteiger partial charge in [-0.25, -0.2) is 0 Å². The van der Waals surface area contributed by atoms with E-state index in [1.54, 1.807) is 13.2 Å². The Kier molecular flexibility index (Phi) is 4.71. The van der Waals surface area contributed by atoms with Crippen molar-refractivity contribution in [2.75, 3.05) is 13.7 Å².